The molecule has 2 rings (SSSR count). The highest BCUT2D eigenvalue weighted by molar-refractivity contribution is 9.10. The molecule has 15 heavy (non-hydrogen) atoms. The number of aromatic nitrogens is 2. The zero-order valence-corrected chi connectivity index (χ0v) is 10.5. The highest BCUT2D eigenvalue weighted by Crippen LogP contribution is 2.36. The number of nitrogens with one attached hydrogen (secondary N) is 2. The summed E-state index contributed by atoms with van der Waals surface area (Å²) in [7, 11) is 0. The first-order chi connectivity index (χ1) is 7.18. The molecule has 0 aliphatic carbocycles. The van der Waals surface area contributed by atoms with Crippen LogP contribution in [0.4, 0.5) is 11.6 Å². The van der Waals surface area contributed by atoms with Gasteiger partial charge in [0.15, 0.2) is 0 Å². The van der Waals surface area contributed by atoms with Gasteiger partial charge in [-0.05, 0) is 28.1 Å². The average molecular weight is 307 g/mol. The molecular weight excluding hydrogens is 301 g/mol. The van der Waals surface area contributed by atoms with Gasteiger partial charge in [0, 0.05) is 16.9 Å². The monoisotopic (exact) mass is 305 g/mol. The van der Waals surface area contributed by atoms with Crippen LogP contribution in [0.15, 0.2) is 29.0 Å². The van der Waals surface area contributed by atoms with Crippen molar-refractivity contribution in [1.29, 1.82) is 0 Å². The van der Waals surface area contributed by atoms with Gasteiger partial charge in [0.2, 0.25) is 5.95 Å². The van der Waals surface area contributed by atoms with Gasteiger partial charge < -0.3 is 10.3 Å². The van der Waals surface area contributed by atoms with E-state index in [1.54, 1.807) is 12.4 Å². The predicted octanol–water partition coefficient (Wildman–Crippen LogP) is 4.22. The highest BCUT2D eigenvalue weighted by atomic mass is 79.9. The van der Waals surface area contributed by atoms with Gasteiger partial charge in [-0.2, -0.15) is 0 Å². The smallest absolute Gasteiger partial charge is 0.204 e. The van der Waals surface area contributed by atoms with E-state index in [1.165, 1.54) is 0 Å². The number of benzene rings is 1. The summed E-state index contributed by atoms with van der Waals surface area (Å²) in [5, 5.41) is 3.96. The molecule has 2 N–H and O–H groups in total. The number of imidazole rings is 1. The molecule has 0 aliphatic heterocycles. The highest BCUT2D eigenvalue weighted by Gasteiger charge is 2.08. The molecule has 0 saturated carbocycles. The first kappa shape index (κ1) is 10.8. The van der Waals surface area contributed by atoms with Gasteiger partial charge in [0.25, 0.3) is 0 Å². The van der Waals surface area contributed by atoms with Crippen molar-refractivity contribution < 1.29 is 0 Å². The Kier molecular flexibility index (Phi) is 3.19. The molecule has 0 amide bonds. The van der Waals surface area contributed by atoms with Crippen LogP contribution in [0, 0.1) is 0 Å². The summed E-state index contributed by atoms with van der Waals surface area (Å²) in [6, 6.07) is 3.64. The first-order valence-electron chi connectivity index (χ1n) is 4.08. The van der Waals surface area contributed by atoms with E-state index in [0.29, 0.717) is 21.7 Å². The van der Waals surface area contributed by atoms with Crippen LogP contribution in [0.1, 0.15) is 0 Å². The summed E-state index contributed by atoms with van der Waals surface area (Å²) >= 11 is 15.3. The number of nitrogens with zero attached hydrogens (tertiary/aromatic N) is 1. The molecule has 0 fully saturated rings. The molecule has 0 aliphatic rings. The number of halogens is 3. The molecule has 2 aromatic rings. The molecule has 0 bridgehead atoms. The summed E-state index contributed by atoms with van der Waals surface area (Å²) in [5.41, 5.74) is 0.708. The van der Waals surface area contributed by atoms with E-state index in [-0.39, 0.29) is 0 Å². The van der Waals surface area contributed by atoms with E-state index >= 15 is 0 Å². The molecular formula is C9H6BrCl2N3. The van der Waals surface area contributed by atoms with Crippen molar-refractivity contribution >= 4 is 50.8 Å². The third-order valence-corrected chi connectivity index (χ3v) is 3.56. The normalized spacial score (nSPS) is 10.3. The van der Waals surface area contributed by atoms with Crippen molar-refractivity contribution in [2.24, 2.45) is 0 Å². The van der Waals surface area contributed by atoms with Crippen LogP contribution in [0.5, 0.6) is 0 Å². The Morgan fingerprint density at radius 1 is 1.27 bits per heavy atom. The number of anilines is 2. The Morgan fingerprint density at radius 3 is 2.73 bits per heavy atom. The molecule has 3 nitrogen and oxygen atoms in total. The summed E-state index contributed by atoms with van der Waals surface area (Å²) in [4.78, 5) is 6.94. The SMILES string of the molecule is Clc1c(Br)ccc(Nc2ncc[nH]2)c1Cl. The maximum Gasteiger partial charge on any atom is 0.204 e. The van der Waals surface area contributed by atoms with Gasteiger partial charge >= 0.3 is 0 Å². The lowest BCUT2D eigenvalue weighted by atomic mass is 10.3. The van der Waals surface area contributed by atoms with E-state index in [0.717, 1.165) is 4.47 Å². The molecule has 0 radical (unpaired) electrons. The van der Waals surface area contributed by atoms with Crippen molar-refractivity contribution in [3.63, 3.8) is 0 Å². The van der Waals surface area contributed by atoms with E-state index in [4.69, 9.17) is 23.2 Å². The standard InChI is InChI=1S/C9H6BrCl2N3/c10-5-1-2-6(8(12)7(5)11)15-9-13-3-4-14-9/h1-4H,(H2,13,14,15). The van der Waals surface area contributed by atoms with E-state index in [1.807, 2.05) is 12.1 Å². The molecule has 1 heterocycles. The number of rotatable bonds is 2. The maximum atomic E-state index is 6.05. The van der Waals surface area contributed by atoms with Gasteiger partial charge in [0.1, 0.15) is 0 Å². The Labute approximate surface area is 105 Å². The van der Waals surface area contributed by atoms with Crippen molar-refractivity contribution in [2.75, 3.05) is 5.32 Å². The zero-order valence-electron chi connectivity index (χ0n) is 7.39. The minimum absolute atomic E-state index is 0.461. The van der Waals surface area contributed by atoms with Gasteiger partial charge in [-0.1, -0.05) is 23.2 Å². The van der Waals surface area contributed by atoms with Crippen molar-refractivity contribution in [1.82, 2.24) is 9.97 Å². The molecule has 1 aromatic heterocycles. The third-order valence-electron chi connectivity index (χ3n) is 1.79. The zero-order chi connectivity index (χ0) is 10.8. The molecule has 0 atom stereocenters. The lowest BCUT2D eigenvalue weighted by molar-refractivity contribution is 1.29. The topological polar surface area (TPSA) is 40.7 Å². The number of aromatic amines is 1. The summed E-state index contributed by atoms with van der Waals surface area (Å²) in [6.07, 6.45) is 3.37. The fourth-order valence-electron chi connectivity index (χ4n) is 1.08. The van der Waals surface area contributed by atoms with Crippen LogP contribution in [-0.4, -0.2) is 9.97 Å². The van der Waals surface area contributed by atoms with Gasteiger partial charge in [-0.3, -0.25) is 0 Å². The van der Waals surface area contributed by atoms with Crippen LogP contribution < -0.4 is 5.32 Å². The summed E-state index contributed by atoms with van der Waals surface area (Å²) in [5.74, 6) is 0.621. The van der Waals surface area contributed by atoms with Crippen LogP contribution in [0.3, 0.4) is 0 Å². The lowest BCUT2D eigenvalue weighted by Crippen LogP contribution is -1.93. The molecule has 0 unspecified atom stereocenters. The molecule has 78 valence electrons. The minimum Gasteiger partial charge on any atom is -0.331 e. The lowest BCUT2D eigenvalue weighted by Gasteiger charge is -2.07. The van der Waals surface area contributed by atoms with E-state index in [2.05, 4.69) is 31.2 Å². The quantitative estimate of drug-likeness (QED) is 0.815. The fourth-order valence-corrected chi connectivity index (χ4v) is 1.91. The van der Waals surface area contributed by atoms with Crippen LogP contribution in [0.25, 0.3) is 0 Å². The maximum absolute atomic E-state index is 6.05. The largest absolute Gasteiger partial charge is 0.331 e. The Hall–Kier alpha value is -0.710. The van der Waals surface area contributed by atoms with Crippen molar-refractivity contribution in [3.05, 3.63) is 39.0 Å². The van der Waals surface area contributed by atoms with Crippen LogP contribution >= 0.6 is 39.1 Å². The third kappa shape index (κ3) is 2.27. The van der Waals surface area contributed by atoms with Gasteiger partial charge in [-0.15, -0.1) is 0 Å². The first-order valence-corrected chi connectivity index (χ1v) is 5.63. The van der Waals surface area contributed by atoms with Gasteiger partial charge in [0.05, 0.1) is 15.7 Å². The molecule has 0 saturated heterocycles. The van der Waals surface area contributed by atoms with E-state index in [9.17, 15) is 0 Å². The second-order valence-corrected chi connectivity index (χ2v) is 4.40. The minimum atomic E-state index is 0.461. The van der Waals surface area contributed by atoms with Crippen molar-refractivity contribution in [2.45, 2.75) is 0 Å². The summed E-state index contributed by atoms with van der Waals surface area (Å²) in [6.45, 7) is 0. The second-order valence-electron chi connectivity index (χ2n) is 2.79. The number of hydrogen-bond donors (Lipinski definition) is 2. The predicted molar refractivity (Wildman–Crippen MR) is 66.0 cm³/mol. The molecule has 6 heteroatoms. The van der Waals surface area contributed by atoms with Crippen LogP contribution in [0.2, 0.25) is 10.0 Å². The fraction of sp³-hybridized carbons (Fsp3) is 0. The average Bonchev–Trinajstić information content (AvgIpc) is 2.72. The van der Waals surface area contributed by atoms with Crippen molar-refractivity contribution in [3.8, 4) is 0 Å². The Balaban J connectivity index is 2.34. The second kappa shape index (κ2) is 4.43. The molecule has 0 spiro atoms. The summed E-state index contributed by atoms with van der Waals surface area (Å²) < 4.78 is 0.763. The number of H-pyrrole nitrogens is 1. The van der Waals surface area contributed by atoms with Crippen LogP contribution in [-0.2, 0) is 0 Å². The Bertz CT molecular complexity index is 470. The number of hydrogen-bond acceptors (Lipinski definition) is 2. The Morgan fingerprint density at radius 2 is 2.07 bits per heavy atom. The van der Waals surface area contributed by atoms with E-state index < -0.39 is 0 Å². The molecule has 1 aromatic carbocycles. The van der Waals surface area contributed by atoms with Gasteiger partial charge in [-0.25, -0.2) is 4.98 Å².